The first kappa shape index (κ1) is 22.4. The lowest BCUT2D eigenvalue weighted by Gasteiger charge is -2.39. The van der Waals surface area contributed by atoms with Crippen molar-refractivity contribution in [2.45, 2.75) is 32.2 Å². The van der Waals surface area contributed by atoms with Gasteiger partial charge in [-0.2, -0.15) is 0 Å². The number of carbonyl (C=O) groups is 1. The summed E-state index contributed by atoms with van der Waals surface area (Å²) in [7, 11) is 1.61. The van der Waals surface area contributed by atoms with Crippen LogP contribution < -0.4 is 15.4 Å². The molecule has 2 aromatic carbocycles. The molecule has 2 aromatic rings. The predicted octanol–water partition coefficient (Wildman–Crippen LogP) is 4.65. The molecule has 2 fully saturated rings. The van der Waals surface area contributed by atoms with E-state index < -0.39 is 0 Å². The molecule has 0 aliphatic carbocycles. The van der Waals surface area contributed by atoms with Gasteiger partial charge < -0.3 is 25.2 Å². The molecular weight excluding hydrogens is 420 g/mol. The van der Waals surface area contributed by atoms with Gasteiger partial charge in [-0.3, -0.25) is 0 Å². The van der Waals surface area contributed by atoms with E-state index in [1.165, 1.54) is 5.56 Å². The Morgan fingerprint density at radius 2 is 1.62 bits per heavy atom. The van der Waals surface area contributed by atoms with Gasteiger partial charge >= 0.3 is 6.03 Å². The zero-order chi connectivity index (χ0) is 22.6. The summed E-state index contributed by atoms with van der Waals surface area (Å²) in [5, 5.41) is 7.32. The fourth-order valence-corrected chi connectivity index (χ4v) is 5.08. The van der Waals surface area contributed by atoms with Crippen molar-refractivity contribution >= 4 is 29.0 Å². The second-order valence-electron chi connectivity index (χ2n) is 8.87. The second kappa shape index (κ2) is 9.77. The highest BCUT2D eigenvalue weighted by molar-refractivity contribution is 7.80. The van der Waals surface area contributed by atoms with Crippen LogP contribution in [0.4, 0.5) is 10.5 Å². The van der Waals surface area contributed by atoms with E-state index in [-0.39, 0.29) is 17.5 Å². The van der Waals surface area contributed by atoms with Crippen molar-refractivity contribution in [3.63, 3.8) is 0 Å². The number of likely N-dealkylation sites (tertiary alicyclic amines) is 2. The van der Waals surface area contributed by atoms with Gasteiger partial charge in [0.2, 0.25) is 0 Å². The highest BCUT2D eigenvalue weighted by Crippen LogP contribution is 2.40. The number of amides is 2. The molecule has 0 bridgehead atoms. The molecule has 170 valence electrons. The van der Waals surface area contributed by atoms with E-state index in [1.54, 1.807) is 7.11 Å². The number of rotatable bonds is 4. The lowest BCUT2D eigenvalue weighted by molar-refractivity contribution is 0.131. The molecule has 2 aliphatic rings. The van der Waals surface area contributed by atoms with Crippen LogP contribution in [0.1, 0.15) is 37.8 Å². The molecule has 2 aliphatic heterocycles. The molecule has 2 heterocycles. The molecule has 2 N–H and O–H groups in total. The summed E-state index contributed by atoms with van der Waals surface area (Å²) in [6.07, 6.45) is 3.12. The van der Waals surface area contributed by atoms with E-state index in [1.807, 2.05) is 35.2 Å². The van der Waals surface area contributed by atoms with E-state index in [2.05, 4.69) is 46.7 Å². The minimum Gasteiger partial charge on any atom is -0.495 e. The number of ether oxygens (including phenoxy) is 1. The topological polar surface area (TPSA) is 56.8 Å². The number of hydrogen-bond donors (Lipinski definition) is 2. The van der Waals surface area contributed by atoms with Gasteiger partial charge in [0, 0.05) is 26.2 Å². The Morgan fingerprint density at radius 3 is 2.31 bits per heavy atom. The molecule has 1 spiro atoms. The predicted molar refractivity (Wildman–Crippen MR) is 132 cm³/mol. The van der Waals surface area contributed by atoms with Crippen LogP contribution in [0.2, 0.25) is 0 Å². The lowest BCUT2D eigenvalue weighted by Crippen LogP contribution is -2.47. The zero-order valence-electron chi connectivity index (χ0n) is 18.8. The number of benzene rings is 2. The molecule has 6 nitrogen and oxygen atoms in total. The number of nitrogens with zero attached hydrogens (tertiary/aromatic N) is 2. The summed E-state index contributed by atoms with van der Waals surface area (Å²) in [5.74, 6) is 0.673. The number of thiocarbonyl (C=S) groups is 1. The van der Waals surface area contributed by atoms with Gasteiger partial charge in [0.1, 0.15) is 5.75 Å². The van der Waals surface area contributed by atoms with Gasteiger partial charge in [0.25, 0.3) is 0 Å². The smallest absolute Gasteiger partial charge is 0.321 e. The normalized spacial score (nSPS) is 18.3. The highest BCUT2D eigenvalue weighted by atomic mass is 32.1. The zero-order valence-corrected chi connectivity index (χ0v) is 19.7. The van der Waals surface area contributed by atoms with Crippen molar-refractivity contribution in [2.24, 2.45) is 5.41 Å². The number of para-hydroxylation sites is 2. The molecule has 1 unspecified atom stereocenters. The first-order valence-electron chi connectivity index (χ1n) is 11.3. The average molecular weight is 453 g/mol. The Labute approximate surface area is 195 Å². The maximum absolute atomic E-state index is 12.8. The summed E-state index contributed by atoms with van der Waals surface area (Å²) in [6, 6.07) is 18.0. The molecule has 0 saturated carbocycles. The average Bonchev–Trinajstić information content (AvgIpc) is 3.24. The molecule has 0 radical (unpaired) electrons. The van der Waals surface area contributed by atoms with Crippen LogP contribution in [-0.4, -0.2) is 54.2 Å². The molecule has 2 amide bonds. The summed E-state index contributed by atoms with van der Waals surface area (Å²) in [4.78, 5) is 17.0. The number of urea groups is 1. The maximum atomic E-state index is 12.8. The van der Waals surface area contributed by atoms with Crippen molar-refractivity contribution in [1.29, 1.82) is 0 Å². The summed E-state index contributed by atoms with van der Waals surface area (Å²) in [5.41, 5.74) is 2.18. The van der Waals surface area contributed by atoms with Crippen LogP contribution in [0.15, 0.2) is 54.6 Å². The minimum atomic E-state index is -0.0620. The molecule has 1 atom stereocenters. The van der Waals surface area contributed by atoms with Crippen LogP contribution >= 0.6 is 12.2 Å². The monoisotopic (exact) mass is 452 g/mol. The largest absolute Gasteiger partial charge is 0.495 e. The van der Waals surface area contributed by atoms with Gasteiger partial charge in [0.05, 0.1) is 18.8 Å². The van der Waals surface area contributed by atoms with Crippen LogP contribution in [-0.2, 0) is 0 Å². The van der Waals surface area contributed by atoms with Crippen molar-refractivity contribution < 1.29 is 9.53 Å². The first-order chi connectivity index (χ1) is 15.5. The Balaban J connectivity index is 1.28. The maximum Gasteiger partial charge on any atom is 0.321 e. The number of carbonyl (C=O) groups excluding carboxylic acids is 1. The Morgan fingerprint density at radius 1 is 1.00 bits per heavy atom. The molecule has 2 saturated heterocycles. The van der Waals surface area contributed by atoms with E-state index in [0.29, 0.717) is 11.4 Å². The summed E-state index contributed by atoms with van der Waals surface area (Å²) >= 11 is 5.73. The van der Waals surface area contributed by atoms with Gasteiger partial charge in [-0.05, 0) is 61.5 Å². The van der Waals surface area contributed by atoms with Gasteiger partial charge in [-0.25, -0.2) is 4.79 Å². The van der Waals surface area contributed by atoms with Crippen molar-refractivity contribution in [3.05, 3.63) is 60.2 Å². The number of hydrogen-bond acceptors (Lipinski definition) is 3. The van der Waals surface area contributed by atoms with E-state index in [0.717, 1.165) is 50.6 Å². The third-order valence-corrected chi connectivity index (χ3v) is 7.20. The summed E-state index contributed by atoms with van der Waals surface area (Å²) in [6.45, 7) is 5.60. The van der Waals surface area contributed by atoms with Gasteiger partial charge in [-0.15, -0.1) is 0 Å². The van der Waals surface area contributed by atoms with Crippen LogP contribution in [0.25, 0.3) is 0 Å². The van der Waals surface area contributed by atoms with E-state index >= 15 is 0 Å². The molecule has 32 heavy (non-hydrogen) atoms. The fourth-order valence-electron chi connectivity index (χ4n) is 4.74. The molecular formula is C25H32N4O2S. The van der Waals surface area contributed by atoms with Gasteiger partial charge in [-0.1, -0.05) is 42.5 Å². The van der Waals surface area contributed by atoms with Crippen LogP contribution in [0, 0.1) is 5.41 Å². The Hall–Kier alpha value is -2.80. The quantitative estimate of drug-likeness (QED) is 0.662. The number of nitrogens with one attached hydrogen (secondary N) is 2. The Bertz CT molecular complexity index is 944. The van der Waals surface area contributed by atoms with Crippen molar-refractivity contribution in [2.75, 3.05) is 38.6 Å². The van der Waals surface area contributed by atoms with E-state index in [4.69, 9.17) is 17.0 Å². The van der Waals surface area contributed by atoms with Gasteiger partial charge in [0.15, 0.2) is 5.11 Å². The molecule has 4 rings (SSSR count). The third kappa shape index (κ3) is 4.99. The molecule has 0 aromatic heterocycles. The third-order valence-electron chi connectivity index (χ3n) is 6.82. The highest BCUT2D eigenvalue weighted by Gasteiger charge is 2.42. The van der Waals surface area contributed by atoms with Crippen molar-refractivity contribution in [3.8, 4) is 5.75 Å². The van der Waals surface area contributed by atoms with Crippen LogP contribution in [0.3, 0.4) is 0 Å². The van der Waals surface area contributed by atoms with E-state index in [9.17, 15) is 4.79 Å². The standard InChI is InChI=1S/C25H32N4O2S/c1-19(20-8-4-3-5-9-20)26-24(32)29-17-14-25(18-29)12-15-28(16-13-25)23(30)27-21-10-6-7-11-22(21)31-2/h3-11,19H,12-18H2,1-2H3,(H,26,32)(H,27,30). The van der Waals surface area contributed by atoms with Crippen molar-refractivity contribution in [1.82, 2.24) is 15.1 Å². The number of methoxy groups -OCH3 is 1. The number of piperidine rings is 1. The first-order valence-corrected chi connectivity index (χ1v) is 11.7. The second-order valence-corrected chi connectivity index (χ2v) is 9.26. The summed E-state index contributed by atoms with van der Waals surface area (Å²) < 4.78 is 5.34. The lowest BCUT2D eigenvalue weighted by atomic mass is 9.78. The number of anilines is 1. The minimum absolute atomic E-state index is 0.0620. The fraction of sp³-hybridized carbons (Fsp3) is 0.440. The Kier molecular flexibility index (Phi) is 6.84. The van der Waals surface area contributed by atoms with Crippen LogP contribution in [0.5, 0.6) is 5.75 Å². The SMILES string of the molecule is COc1ccccc1NC(=O)N1CCC2(CC1)CCN(C(=S)NC(C)c1ccccc1)C2. The molecule has 7 heteroatoms.